The second-order valence-corrected chi connectivity index (χ2v) is 5.88. The molecule has 1 aromatic carbocycles. The molecule has 0 amide bonds. The SMILES string of the molecule is O=[N+]([O-])c1cccc(F)c1CN(C[C@H]1CCOC1)C1CC1. The van der Waals surface area contributed by atoms with Crippen molar-refractivity contribution in [3.63, 3.8) is 0 Å². The molecule has 0 spiro atoms. The average molecular weight is 294 g/mol. The predicted molar refractivity (Wildman–Crippen MR) is 75.4 cm³/mol. The number of nitrogens with zero attached hydrogens (tertiary/aromatic N) is 2. The summed E-state index contributed by atoms with van der Waals surface area (Å²) in [6, 6.07) is 4.50. The van der Waals surface area contributed by atoms with E-state index in [1.807, 2.05) is 0 Å². The van der Waals surface area contributed by atoms with E-state index in [1.54, 1.807) is 0 Å². The Hall–Kier alpha value is -1.53. The van der Waals surface area contributed by atoms with Crippen molar-refractivity contribution in [2.24, 2.45) is 5.92 Å². The fraction of sp³-hybridized carbons (Fsp3) is 0.600. The molecule has 1 heterocycles. The normalized spacial score (nSPS) is 21.9. The third-order valence-corrected chi connectivity index (χ3v) is 4.23. The molecule has 3 rings (SSSR count). The first-order valence-electron chi connectivity index (χ1n) is 7.38. The molecule has 1 aromatic rings. The molecule has 6 heteroatoms. The highest BCUT2D eigenvalue weighted by atomic mass is 19.1. The van der Waals surface area contributed by atoms with E-state index >= 15 is 0 Å². The number of ether oxygens (including phenoxy) is 1. The molecule has 2 aliphatic rings. The molecule has 21 heavy (non-hydrogen) atoms. The lowest BCUT2D eigenvalue weighted by Crippen LogP contribution is -2.32. The summed E-state index contributed by atoms with van der Waals surface area (Å²) < 4.78 is 19.4. The van der Waals surface area contributed by atoms with Crippen LogP contribution in [0.3, 0.4) is 0 Å². The Labute approximate surface area is 122 Å². The first-order valence-corrected chi connectivity index (χ1v) is 7.38. The van der Waals surface area contributed by atoms with Gasteiger partial charge in [0.05, 0.1) is 17.1 Å². The number of hydrogen-bond acceptors (Lipinski definition) is 4. The molecule has 0 N–H and O–H groups in total. The zero-order chi connectivity index (χ0) is 14.8. The van der Waals surface area contributed by atoms with Crippen molar-refractivity contribution in [3.05, 3.63) is 39.7 Å². The summed E-state index contributed by atoms with van der Waals surface area (Å²) in [7, 11) is 0. The molecule has 1 saturated heterocycles. The molecule has 1 aliphatic carbocycles. The lowest BCUT2D eigenvalue weighted by Gasteiger charge is -2.24. The van der Waals surface area contributed by atoms with Crippen LogP contribution in [0.1, 0.15) is 24.8 Å². The maximum atomic E-state index is 14.0. The molecule has 114 valence electrons. The van der Waals surface area contributed by atoms with Crippen LogP contribution in [-0.2, 0) is 11.3 Å². The van der Waals surface area contributed by atoms with Crippen molar-refractivity contribution < 1.29 is 14.1 Å². The van der Waals surface area contributed by atoms with Crippen LogP contribution < -0.4 is 0 Å². The largest absolute Gasteiger partial charge is 0.381 e. The van der Waals surface area contributed by atoms with E-state index in [2.05, 4.69) is 4.90 Å². The average Bonchev–Trinajstić information content (AvgIpc) is 3.18. The van der Waals surface area contributed by atoms with Gasteiger partial charge in [-0.2, -0.15) is 0 Å². The molecule has 0 aromatic heterocycles. The second-order valence-electron chi connectivity index (χ2n) is 5.88. The maximum Gasteiger partial charge on any atom is 0.276 e. The van der Waals surface area contributed by atoms with Crippen LogP contribution in [0, 0.1) is 21.8 Å². The minimum absolute atomic E-state index is 0.122. The van der Waals surface area contributed by atoms with Gasteiger partial charge in [0.15, 0.2) is 0 Å². The maximum absolute atomic E-state index is 14.0. The van der Waals surface area contributed by atoms with E-state index in [9.17, 15) is 14.5 Å². The number of nitro groups is 1. The summed E-state index contributed by atoms with van der Waals surface area (Å²) in [5.41, 5.74) is 0.0802. The summed E-state index contributed by atoms with van der Waals surface area (Å²) in [5.74, 6) is -0.0334. The number of benzene rings is 1. The van der Waals surface area contributed by atoms with Crippen molar-refractivity contribution >= 4 is 5.69 Å². The third kappa shape index (κ3) is 3.39. The van der Waals surface area contributed by atoms with Crippen LogP contribution >= 0.6 is 0 Å². The third-order valence-electron chi connectivity index (χ3n) is 4.23. The lowest BCUT2D eigenvalue weighted by atomic mass is 10.1. The predicted octanol–water partition coefficient (Wildman–Crippen LogP) is 2.73. The van der Waals surface area contributed by atoms with Gasteiger partial charge < -0.3 is 4.74 Å². The number of halogens is 1. The highest BCUT2D eigenvalue weighted by Crippen LogP contribution is 2.32. The zero-order valence-electron chi connectivity index (χ0n) is 11.8. The van der Waals surface area contributed by atoms with Gasteiger partial charge in [0.1, 0.15) is 5.82 Å². The van der Waals surface area contributed by atoms with E-state index in [1.165, 1.54) is 18.2 Å². The smallest absolute Gasteiger partial charge is 0.276 e. The lowest BCUT2D eigenvalue weighted by molar-refractivity contribution is -0.386. The number of hydrogen-bond donors (Lipinski definition) is 0. The second kappa shape index (κ2) is 6.07. The first kappa shape index (κ1) is 14.4. The monoisotopic (exact) mass is 294 g/mol. The Morgan fingerprint density at radius 1 is 1.38 bits per heavy atom. The van der Waals surface area contributed by atoms with Crippen LogP contribution in [0.5, 0.6) is 0 Å². The van der Waals surface area contributed by atoms with Crippen molar-refractivity contribution in [1.29, 1.82) is 0 Å². The fourth-order valence-corrected chi connectivity index (χ4v) is 2.92. The topological polar surface area (TPSA) is 55.6 Å². The Bertz CT molecular complexity index is 528. The van der Waals surface area contributed by atoms with Gasteiger partial charge in [-0.15, -0.1) is 0 Å². The van der Waals surface area contributed by atoms with E-state index in [4.69, 9.17) is 4.74 Å². The summed E-state index contributed by atoms with van der Waals surface area (Å²) >= 11 is 0. The van der Waals surface area contributed by atoms with E-state index in [0.29, 0.717) is 18.5 Å². The van der Waals surface area contributed by atoms with Gasteiger partial charge in [0, 0.05) is 31.8 Å². The van der Waals surface area contributed by atoms with Crippen LogP contribution in [0.2, 0.25) is 0 Å². The Morgan fingerprint density at radius 3 is 2.81 bits per heavy atom. The molecule has 5 nitrogen and oxygen atoms in total. The molecule has 0 bridgehead atoms. The molecule has 0 unspecified atom stereocenters. The molecule has 1 aliphatic heterocycles. The van der Waals surface area contributed by atoms with Crippen LogP contribution in [0.25, 0.3) is 0 Å². The van der Waals surface area contributed by atoms with Gasteiger partial charge in [0.2, 0.25) is 0 Å². The highest BCUT2D eigenvalue weighted by Gasteiger charge is 2.33. The van der Waals surface area contributed by atoms with E-state index in [-0.39, 0.29) is 11.3 Å². The van der Waals surface area contributed by atoms with E-state index < -0.39 is 10.7 Å². The van der Waals surface area contributed by atoms with Gasteiger partial charge in [-0.1, -0.05) is 6.07 Å². The summed E-state index contributed by atoms with van der Waals surface area (Å²) in [6.45, 7) is 2.66. The summed E-state index contributed by atoms with van der Waals surface area (Å²) in [5, 5.41) is 11.1. The minimum Gasteiger partial charge on any atom is -0.381 e. The molecule has 1 atom stereocenters. The van der Waals surface area contributed by atoms with Gasteiger partial charge in [-0.05, 0) is 31.2 Å². The standard InChI is InChI=1S/C15H19FN2O3/c16-14-2-1-3-15(18(19)20)13(14)9-17(12-4-5-12)8-11-6-7-21-10-11/h1-3,11-12H,4-10H2/t11-/m1/s1. The van der Waals surface area contributed by atoms with Crippen molar-refractivity contribution in [2.75, 3.05) is 19.8 Å². The molecular formula is C15H19FN2O3. The fourth-order valence-electron chi connectivity index (χ4n) is 2.92. The van der Waals surface area contributed by atoms with Crippen LogP contribution in [0.15, 0.2) is 18.2 Å². The van der Waals surface area contributed by atoms with Gasteiger partial charge in [-0.3, -0.25) is 15.0 Å². The quantitative estimate of drug-likeness (QED) is 0.598. The molecular weight excluding hydrogens is 275 g/mol. The van der Waals surface area contributed by atoms with Crippen molar-refractivity contribution in [3.8, 4) is 0 Å². The summed E-state index contributed by atoms with van der Waals surface area (Å²) in [6.07, 6.45) is 3.20. The van der Waals surface area contributed by atoms with Gasteiger partial charge >= 0.3 is 0 Å². The Morgan fingerprint density at radius 2 is 2.19 bits per heavy atom. The van der Waals surface area contributed by atoms with Crippen LogP contribution in [0.4, 0.5) is 10.1 Å². The first-order chi connectivity index (χ1) is 10.1. The summed E-state index contributed by atoms with van der Waals surface area (Å²) in [4.78, 5) is 12.8. The highest BCUT2D eigenvalue weighted by molar-refractivity contribution is 5.41. The van der Waals surface area contributed by atoms with Crippen molar-refractivity contribution in [2.45, 2.75) is 31.8 Å². The Balaban J connectivity index is 1.77. The molecule has 0 radical (unpaired) electrons. The Kier molecular flexibility index (Phi) is 4.17. The minimum atomic E-state index is -0.498. The van der Waals surface area contributed by atoms with E-state index in [0.717, 1.165) is 39.0 Å². The molecule has 1 saturated carbocycles. The zero-order valence-corrected chi connectivity index (χ0v) is 11.8. The number of nitro benzene ring substituents is 1. The molecule has 2 fully saturated rings. The van der Waals surface area contributed by atoms with Crippen LogP contribution in [-0.4, -0.2) is 35.6 Å². The van der Waals surface area contributed by atoms with Gasteiger partial charge in [0.25, 0.3) is 5.69 Å². The number of rotatable bonds is 6. The van der Waals surface area contributed by atoms with Gasteiger partial charge in [-0.25, -0.2) is 4.39 Å². The van der Waals surface area contributed by atoms with Crippen molar-refractivity contribution in [1.82, 2.24) is 4.90 Å².